The van der Waals surface area contributed by atoms with Gasteiger partial charge in [0.1, 0.15) is 0 Å². The molecule has 6 heteroatoms. The fourth-order valence-corrected chi connectivity index (χ4v) is 1.63. The Morgan fingerprint density at radius 1 is 1.39 bits per heavy atom. The third-order valence-corrected chi connectivity index (χ3v) is 2.60. The van der Waals surface area contributed by atoms with E-state index in [0.29, 0.717) is 13.1 Å². The molecule has 2 aromatic heterocycles. The van der Waals surface area contributed by atoms with Gasteiger partial charge in [0.25, 0.3) is 0 Å². The zero-order valence-corrected chi connectivity index (χ0v) is 10.2. The molecule has 0 fully saturated rings. The van der Waals surface area contributed by atoms with E-state index in [9.17, 15) is 4.79 Å². The van der Waals surface area contributed by atoms with Gasteiger partial charge in [-0.3, -0.25) is 9.48 Å². The molecule has 0 aliphatic carbocycles. The molecule has 96 valence electrons. The molecular formula is C12H16N4O2. The van der Waals surface area contributed by atoms with Gasteiger partial charge in [0.15, 0.2) is 0 Å². The second-order valence-corrected chi connectivity index (χ2v) is 4.06. The summed E-state index contributed by atoms with van der Waals surface area (Å²) < 4.78 is 3.22. The standard InChI is InChI=1S/C12H16N4O2/c1-15-9-11(2-3-12(15)18)13-6-10-7-14-16(8-10)4-5-17/h2-3,7-9,13,17H,4-6H2,1H3. The predicted molar refractivity (Wildman–Crippen MR) is 68.3 cm³/mol. The van der Waals surface area contributed by atoms with Gasteiger partial charge < -0.3 is 15.0 Å². The molecule has 0 radical (unpaired) electrons. The van der Waals surface area contributed by atoms with Crippen molar-refractivity contribution >= 4 is 5.69 Å². The van der Waals surface area contributed by atoms with Crippen LogP contribution >= 0.6 is 0 Å². The SMILES string of the molecule is Cn1cc(NCc2cnn(CCO)c2)ccc1=O. The lowest BCUT2D eigenvalue weighted by Crippen LogP contribution is -2.15. The minimum Gasteiger partial charge on any atom is -0.394 e. The number of nitrogens with zero attached hydrogens (tertiary/aromatic N) is 3. The van der Waals surface area contributed by atoms with E-state index < -0.39 is 0 Å². The van der Waals surface area contributed by atoms with Crippen LogP contribution < -0.4 is 10.9 Å². The number of aliphatic hydroxyl groups excluding tert-OH is 1. The average Bonchev–Trinajstić information content (AvgIpc) is 2.79. The van der Waals surface area contributed by atoms with Crippen LogP contribution in [-0.4, -0.2) is 26.1 Å². The van der Waals surface area contributed by atoms with Crippen LogP contribution in [0, 0.1) is 0 Å². The Labute approximate surface area is 104 Å². The maximum atomic E-state index is 11.2. The highest BCUT2D eigenvalue weighted by Gasteiger charge is 1.99. The monoisotopic (exact) mass is 248 g/mol. The Morgan fingerprint density at radius 3 is 2.94 bits per heavy atom. The quantitative estimate of drug-likeness (QED) is 0.792. The summed E-state index contributed by atoms with van der Waals surface area (Å²) in [6.45, 7) is 1.21. The fraction of sp³-hybridized carbons (Fsp3) is 0.333. The number of pyridine rings is 1. The van der Waals surface area contributed by atoms with Gasteiger partial charge in [-0.2, -0.15) is 5.10 Å². The van der Waals surface area contributed by atoms with E-state index in [2.05, 4.69) is 10.4 Å². The van der Waals surface area contributed by atoms with Crippen molar-refractivity contribution in [1.82, 2.24) is 14.3 Å². The Balaban J connectivity index is 1.97. The Hall–Kier alpha value is -2.08. The van der Waals surface area contributed by atoms with Gasteiger partial charge in [0, 0.05) is 37.6 Å². The first kappa shape index (κ1) is 12.4. The molecule has 2 aromatic rings. The molecule has 2 N–H and O–H groups in total. The Kier molecular flexibility index (Phi) is 3.78. The van der Waals surface area contributed by atoms with Crippen LogP contribution in [0.3, 0.4) is 0 Å². The van der Waals surface area contributed by atoms with Gasteiger partial charge >= 0.3 is 0 Å². The van der Waals surface area contributed by atoms with Crippen molar-refractivity contribution in [2.24, 2.45) is 7.05 Å². The number of anilines is 1. The first-order valence-electron chi connectivity index (χ1n) is 5.72. The van der Waals surface area contributed by atoms with Gasteiger partial charge in [-0.1, -0.05) is 0 Å². The highest BCUT2D eigenvalue weighted by atomic mass is 16.3. The van der Waals surface area contributed by atoms with Crippen molar-refractivity contribution in [3.05, 3.63) is 46.6 Å². The van der Waals surface area contributed by atoms with Crippen LogP contribution in [0.2, 0.25) is 0 Å². The molecule has 0 spiro atoms. The maximum Gasteiger partial charge on any atom is 0.250 e. The number of hydrogen-bond acceptors (Lipinski definition) is 4. The lowest BCUT2D eigenvalue weighted by atomic mass is 10.3. The molecule has 0 atom stereocenters. The Bertz CT molecular complexity index is 573. The smallest absolute Gasteiger partial charge is 0.250 e. The van der Waals surface area contributed by atoms with Gasteiger partial charge in [0.2, 0.25) is 5.56 Å². The average molecular weight is 248 g/mol. The molecule has 6 nitrogen and oxygen atoms in total. The van der Waals surface area contributed by atoms with Crippen molar-refractivity contribution < 1.29 is 5.11 Å². The molecule has 0 aromatic carbocycles. The number of hydrogen-bond donors (Lipinski definition) is 2. The Morgan fingerprint density at radius 2 is 2.22 bits per heavy atom. The van der Waals surface area contributed by atoms with Crippen LogP contribution in [0.5, 0.6) is 0 Å². The fourth-order valence-electron chi connectivity index (χ4n) is 1.63. The van der Waals surface area contributed by atoms with E-state index in [0.717, 1.165) is 11.3 Å². The summed E-state index contributed by atoms with van der Waals surface area (Å²) in [6, 6.07) is 3.28. The summed E-state index contributed by atoms with van der Waals surface area (Å²) in [7, 11) is 1.72. The van der Waals surface area contributed by atoms with Gasteiger partial charge in [-0.05, 0) is 6.07 Å². The normalized spacial score (nSPS) is 10.6. The zero-order chi connectivity index (χ0) is 13.0. The molecule has 0 saturated heterocycles. The lowest BCUT2D eigenvalue weighted by molar-refractivity contribution is 0.269. The number of nitrogens with one attached hydrogen (secondary N) is 1. The van der Waals surface area contributed by atoms with Crippen LogP contribution in [0.15, 0.2) is 35.5 Å². The van der Waals surface area contributed by atoms with Crippen molar-refractivity contribution in [2.45, 2.75) is 13.1 Å². The number of rotatable bonds is 5. The van der Waals surface area contributed by atoms with E-state index >= 15 is 0 Å². The molecule has 0 saturated carbocycles. The first-order chi connectivity index (χ1) is 8.69. The van der Waals surface area contributed by atoms with Crippen LogP contribution in [0.1, 0.15) is 5.56 Å². The summed E-state index contributed by atoms with van der Waals surface area (Å²) in [5, 5.41) is 16.1. The van der Waals surface area contributed by atoms with Crippen molar-refractivity contribution in [3.8, 4) is 0 Å². The summed E-state index contributed by atoms with van der Waals surface area (Å²) in [5.74, 6) is 0. The van der Waals surface area contributed by atoms with E-state index in [1.807, 2.05) is 6.20 Å². The molecule has 0 aliphatic heterocycles. The molecule has 18 heavy (non-hydrogen) atoms. The second-order valence-electron chi connectivity index (χ2n) is 4.06. The largest absolute Gasteiger partial charge is 0.394 e. The highest BCUT2D eigenvalue weighted by molar-refractivity contribution is 5.40. The summed E-state index contributed by atoms with van der Waals surface area (Å²) in [4.78, 5) is 11.2. The first-order valence-corrected chi connectivity index (χ1v) is 5.72. The molecule has 2 rings (SSSR count). The van der Waals surface area contributed by atoms with Crippen molar-refractivity contribution in [3.63, 3.8) is 0 Å². The van der Waals surface area contributed by atoms with E-state index in [1.165, 1.54) is 10.6 Å². The predicted octanol–water partition coefficient (Wildman–Crippen LogP) is 0.186. The van der Waals surface area contributed by atoms with Crippen LogP contribution in [0.25, 0.3) is 0 Å². The van der Waals surface area contributed by atoms with Gasteiger partial charge in [-0.15, -0.1) is 0 Å². The lowest BCUT2D eigenvalue weighted by Gasteiger charge is -2.05. The third-order valence-electron chi connectivity index (χ3n) is 2.60. The third kappa shape index (κ3) is 2.98. The van der Waals surface area contributed by atoms with E-state index in [-0.39, 0.29) is 12.2 Å². The number of aliphatic hydroxyl groups is 1. The minimum absolute atomic E-state index is 0.0312. The summed E-state index contributed by atoms with van der Waals surface area (Å²) >= 11 is 0. The molecule has 0 aliphatic rings. The molecule has 0 amide bonds. The van der Waals surface area contributed by atoms with Crippen molar-refractivity contribution in [1.29, 1.82) is 0 Å². The number of aromatic nitrogens is 3. The highest BCUT2D eigenvalue weighted by Crippen LogP contribution is 2.06. The second kappa shape index (κ2) is 5.50. The molecule has 2 heterocycles. The van der Waals surface area contributed by atoms with E-state index in [1.54, 1.807) is 30.2 Å². The zero-order valence-electron chi connectivity index (χ0n) is 10.2. The maximum absolute atomic E-state index is 11.2. The van der Waals surface area contributed by atoms with Crippen molar-refractivity contribution in [2.75, 3.05) is 11.9 Å². The molecule has 0 unspecified atom stereocenters. The van der Waals surface area contributed by atoms with E-state index in [4.69, 9.17) is 5.11 Å². The minimum atomic E-state index is -0.0312. The number of aryl methyl sites for hydroxylation is 1. The van der Waals surface area contributed by atoms with Crippen LogP contribution in [0.4, 0.5) is 5.69 Å². The topological polar surface area (TPSA) is 72.1 Å². The van der Waals surface area contributed by atoms with Gasteiger partial charge in [-0.25, -0.2) is 0 Å². The van der Waals surface area contributed by atoms with Gasteiger partial charge in [0.05, 0.1) is 25.0 Å². The molecular weight excluding hydrogens is 232 g/mol. The summed E-state index contributed by atoms with van der Waals surface area (Å²) in [5.41, 5.74) is 1.88. The molecule has 0 bridgehead atoms. The summed E-state index contributed by atoms with van der Waals surface area (Å²) in [6.07, 6.45) is 5.39. The van der Waals surface area contributed by atoms with Crippen LogP contribution in [-0.2, 0) is 20.1 Å².